The first-order chi connectivity index (χ1) is 9.27. The van der Waals surface area contributed by atoms with Crippen molar-refractivity contribution in [3.63, 3.8) is 0 Å². The molecule has 4 heteroatoms. The standard InChI is InChI=1S/C16H14F4/c1-10-3-4-12(7-11(10)2)8-13-5-6-14(9-15(13)17)16(18,19)20/h3-7,9H,8H2,1-2H3. The van der Waals surface area contributed by atoms with Gasteiger partial charge in [-0.2, -0.15) is 13.2 Å². The minimum absolute atomic E-state index is 0.265. The topological polar surface area (TPSA) is 0 Å². The van der Waals surface area contributed by atoms with Crippen LogP contribution in [0.2, 0.25) is 0 Å². The lowest BCUT2D eigenvalue weighted by atomic mass is 9.99. The minimum atomic E-state index is -4.51. The van der Waals surface area contributed by atoms with Crippen molar-refractivity contribution in [2.45, 2.75) is 26.4 Å². The van der Waals surface area contributed by atoms with Crippen LogP contribution in [0.5, 0.6) is 0 Å². The number of hydrogen-bond acceptors (Lipinski definition) is 0. The number of halogens is 4. The van der Waals surface area contributed by atoms with Gasteiger partial charge in [-0.3, -0.25) is 0 Å². The highest BCUT2D eigenvalue weighted by atomic mass is 19.4. The molecule has 0 aliphatic rings. The molecule has 0 amide bonds. The Hall–Kier alpha value is -1.84. The van der Waals surface area contributed by atoms with Crippen LogP contribution in [-0.4, -0.2) is 0 Å². The van der Waals surface area contributed by atoms with Crippen LogP contribution in [0.15, 0.2) is 36.4 Å². The fourth-order valence-corrected chi connectivity index (χ4v) is 2.00. The predicted octanol–water partition coefficient (Wildman–Crippen LogP) is 5.05. The zero-order chi connectivity index (χ0) is 14.9. The van der Waals surface area contributed by atoms with E-state index in [-0.39, 0.29) is 12.0 Å². The van der Waals surface area contributed by atoms with Crippen molar-refractivity contribution < 1.29 is 17.6 Å². The third-order valence-corrected chi connectivity index (χ3v) is 3.35. The maximum atomic E-state index is 13.7. The molecule has 2 aromatic carbocycles. The highest BCUT2D eigenvalue weighted by Crippen LogP contribution is 2.30. The Morgan fingerprint density at radius 3 is 2.15 bits per heavy atom. The molecule has 0 spiro atoms. The summed E-state index contributed by atoms with van der Waals surface area (Å²) >= 11 is 0. The molecule has 0 aliphatic heterocycles. The SMILES string of the molecule is Cc1ccc(Cc2ccc(C(F)(F)F)cc2F)cc1C. The molecule has 0 aromatic heterocycles. The molecular formula is C16H14F4. The molecule has 0 saturated heterocycles. The van der Waals surface area contributed by atoms with Gasteiger partial charge in [0.05, 0.1) is 5.56 Å². The monoisotopic (exact) mass is 282 g/mol. The van der Waals surface area contributed by atoms with Gasteiger partial charge in [-0.25, -0.2) is 4.39 Å². The fourth-order valence-electron chi connectivity index (χ4n) is 2.00. The molecule has 2 aromatic rings. The average Bonchev–Trinajstić information content (AvgIpc) is 2.35. The second-order valence-corrected chi connectivity index (χ2v) is 4.90. The zero-order valence-electron chi connectivity index (χ0n) is 11.2. The van der Waals surface area contributed by atoms with Crippen molar-refractivity contribution in [3.8, 4) is 0 Å². The van der Waals surface area contributed by atoms with Crippen molar-refractivity contribution >= 4 is 0 Å². The lowest BCUT2D eigenvalue weighted by molar-refractivity contribution is -0.137. The van der Waals surface area contributed by atoms with Crippen LogP contribution in [0.3, 0.4) is 0 Å². The molecule has 0 bridgehead atoms. The van der Waals surface area contributed by atoms with E-state index >= 15 is 0 Å². The molecule has 0 fully saturated rings. The number of benzene rings is 2. The molecular weight excluding hydrogens is 268 g/mol. The van der Waals surface area contributed by atoms with Gasteiger partial charge in [-0.1, -0.05) is 24.3 Å². The molecule has 0 atom stereocenters. The summed E-state index contributed by atoms with van der Waals surface area (Å²) in [6.45, 7) is 3.92. The Morgan fingerprint density at radius 1 is 0.900 bits per heavy atom. The van der Waals surface area contributed by atoms with Crippen LogP contribution in [0.25, 0.3) is 0 Å². The van der Waals surface area contributed by atoms with Crippen LogP contribution in [0.4, 0.5) is 17.6 Å². The first-order valence-electron chi connectivity index (χ1n) is 6.19. The fraction of sp³-hybridized carbons (Fsp3) is 0.250. The Kier molecular flexibility index (Phi) is 3.84. The first kappa shape index (κ1) is 14.6. The Bertz CT molecular complexity index is 627. The summed E-state index contributed by atoms with van der Waals surface area (Å²) in [5, 5.41) is 0. The van der Waals surface area contributed by atoms with Crippen LogP contribution in [-0.2, 0) is 12.6 Å². The van der Waals surface area contributed by atoms with E-state index in [9.17, 15) is 17.6 Å². The molecule has 0 unspecified atom stereocenters. The smallest absolute Gasteiger partial charge is 0.207 e. The van der Waals surface area contributed by atoms with E-state index in [1.807, 2.05) is 32.0 Å². The number of hydrogen-bond donors (Lipinski definition) is 0. The average molecular weight is 282 g/mol. The number of aryl methyl sites for hydroxylation is 2. The van der Waals surface area contributed by atoms with E-state index in [1.165, 1.54) is 6.07 Å². The molecule has 0 radical (unpaired) electrons. The Labute approximate surface area is 115 Å². The summed E-state index contributed by atoms with van der Waals surface area (Å²) in [5.41, 5.74) is 2.39. The summed E-state index contributed by atoms with van der Waals surface area (Å²) in [7, 11) is 0. The Morgan fingerprint density at radius 2 is 1.60 bits per heavy atom. The molecule has 106 valence electrons. The maximum absolute atomic E-state index is 13.7. The van der Waals surface area contributed by atoms with Crippen molar-refractivity contribution in [2.75, 3.05) is 0 Å². The Balaban J connectivity index is 2.28. The molecule has 0 nitrogen and oxygen atoms in total. The van der Waals surface area contributed by atoms with Crippen LogP contribution in [0, 0.1) is 19.7 Å². The van der Waals surface area contributed by atoms with Crippen molar-refractivity contribution in [1.29, 1.82) is 0 Å². The van der Waals surface area contributed by atoms with E-state index in [2.05, 4.69) is 0 Å². The molecule has 20 heavy (non-hydrogen) atoms. The molecule has 0 N–H and O–H groups in total. The van der Waals surface area contributed by atoms with Gasteiger partial charge in [0.15, 0.2) is 0 Å². The first-order valence-corrected chi connectivity index (χ1v) is 6.19. The van der Waals surface area contributed by atoms with Gasteiger partial charge in [-0.05, 0) is 48.2 Å². The zero-order valence-corrected chi connectivity index (χ0v) is 11.2. The second-order valence-electron chi connectivity index (χ2n) is 4.90. The third-order valence-electron chi connectivity index (χ3n) is 3.35. The molecule has 0 heterocycles. The lowest BCUT2D eigenvalue weighted by Crippen LogP contribution is -2.06. The normalized spacial score (nSPS) is 11.7. The van der Waals surface area contributed by atoms with E-state index in [4.69, 9.17) is 0 Å². The summed E-state index contributed by atoms with van der Waals surface area (Å²) in [6, 6.07) is 8.38. The predicted molar refractivity (Wildman–Crippen MR) is 70.1 cm³/mol. The molecule has 2 rings (SSSR count). The van der Waals surface area contributed by atoms with Gasteiger partial charge in [0.1, 0.15) is 5.82 Å². The molecule has 0 aliphatic carbocycles. The van der Waals surface area contributed by atoms with E-state index in [0.29, 0.717) is 6.07 Å². The van der Waals surface area contributed by atoms with E-state index in [1.54, 1.807) is 0 Å². The van der Waals surface area contributed by atoms with Gasteiger partial charge >= 0.3 is 6.18 Å². The lowest BCUT2D eigenvalue weighted by Gasteiger charge is -2.10. The van der Waals surface area contributed by atoms with Crippen LogP contribution < -0.4 is 0 Å². The van der Waals surface area contributed by atoms with Gasteiger partial charge in [-0.15, -0.1) is 0 Å². The highest BCUT2D eigenvalue weighted by molar-refractivity contribution is 5.35. The summed E-state index contributed by atoms with van der Waals surface area (Å²) < 4.78 is 51.1. The number of alkyl halides is 3. The third kappa shape index (κ3) is 3.18. The van der Waals surface area contributed by atoms with Crippen molar-refractivity contribution in [1.82, 2.24) is 0 Å². The van der Waals surface area contributed by atoms with Gasteiger partial charge < -0.3 is 0 Å². The minimum Gasteiger partial charge on any atom is -0.207 e. The van der Waals surface area contributed by atoms with Gasteiger partial charge in [0, 0.05) is 6.42 Å². The quantitative estimate of drug-likeness (QED) is 0.676. The van der Waals surface area contributed by atoms with Crippen molar-refractivity contribution in [3.05, 3.63) is 70.0 Å². The summed E-state index contributed by atoms with van der Waals surface area (Å²) in [5.74, 6) is -0.821. The maximum Gasteiger partial charge on any atom is 0.416 e. The van der Waals surface area contributed by atoms with Crippen LogP contribution >= 0.6 is 0 Å². The van der Waals surface area contributed by atoms with E-state index in [0.717, 1.165) is 22.8 Å². The van der Waals surface area contributed by atoms with E-state index < -0.39 is 17.6 Å². The number of rotatable bonds is 2. The van der Waals surface area contributed by atoms with Crippen molar-refractivity contribution in [2.24, 2.45) is 0 Å². The van der Waals surface area contributed by atoms with Gasteiger partial charge in [0.2, 0.25) is 0 Å². The highest BCUT2D eigenvalue weighted by Gasteiger charge is 2.31. The van der Waals surface area contributed by atoms with Crippen LogP contribution in [0.1, 0.15) is 27.8 Å². The van der Waals surface area contributed by atoms with Gasteiger partial charge in [0.25, 0.3) is 0 Å². The summed E-state index contributed by atoms with van der Waals surface area (Å²) in [4.78, 5) is 0. The molecule has 0 saturated carbocycles. The largest absolute Gasteiger partial charge is 0.416 e. The summed E-state index contributed by atoms with van der Waals surface area (Å²) in [6.07, 6.45) is -4.23. The second kappa shape index (κ2) is 5.27.